The van der Waals surface area contributed by atoms with Gasteiger partial charge in [0, 0.05) is 12.0 Å². The Kier molecular flexibility index (Phi) is 4.41. The lowest BCUT2D eigenvalue weighted by atomic mass is 10.1. The van der Waals surface area contributed by atoms with Crippen LogP contribution in [0, 0.1) is 4.77 Å². The third-order valence-corrected chi connectivity index (χ3v) is 2.96. The molecule has 0 radical (unpaired) electrons. The molecule has 20 heavy (non-hydrogen) atoms. The molecule has 0 spiro atoms. The minimum absolute atomic E-state index is 0.198. The lowest BCUT2D eigenvalue weighted by molar-refractivity contribution is 0.0697. The molecule has 0 aliphatic rings. The molecule has 0 saturated carbocycles. The van der Waals surface area contributed by atoms with Gasteiger partial charge < -0.3 is 5.11 Å². The highest BCUT2D eigenvalue weighted by Crippen LogP contribution is 2.07. The van der Waals surface area contributed by atoms with Crippen molar-refractivity contribution in [3.05, 3.63) is 46.0 Å². The third kappa shape index (κ3) is 3.00. The van der Waals surface area contributed by atoms with E-state index in [0.29, 0.717) is 10.3 Å². The topological polar surface area (TPSA) is 83.3 Å². The number of aromatic amines is 1. The van der Waals surface area contributed by atoms with Crippen LogP contribution in [-0.2, 0) is 6.42 Å². The number of H-pyrrole nitrogens is 1. The number of hydrogen-bond donors (Lipinski definition) is 2. The van der Waals surface area contributed by atoms with Gasteiger partial charge in [0.05, 0.1) is 11.8 Å². The van der Waals surface area contributed by atoms with Crippen LogP contribution in [0.1, 0.15) is 35.1 Å². The van der Waals surface area contributed by atoms with E-state index in [4.69, 9.17) is 17.3 Å². The van der Waals surface area contributed by atoms with E-state index in [0.717, 1.165) is 18.7 Å². The molecule has 0 bridgehead atoms. The number of nitrogens with zero attached hydrogens (tertiary/aromatic N) is 3. The van der Waals surface area contributed by atoms with Gasteiger partial charge in [0.15, 0.2) is 5.82 Å². The molecule has 0 unspecified atom stereocenters. The molecule has 1 aromatic carbocycles. The number of aromatic carboxylic acids is 1. The van der Waals surface area contributed by atoms with Gasteiger partial charge in [0.2, 0.25) is 4.77 Å². The number of aromatic nitrogens is 3. The summed E-state index contributed by atoms with van der Waals surface area (Å²) in [7, 11) is 0. The fourth-order valence-electron chi connectivity index (χ4n) is 1.75. The maximum absolute atomic E-state index is 11.1. The number of carboxylic acid groups (broad SMARTS) is 1. The highest BCUT2D eigenvalue weighted by Gasteiger charge is 2.08. The zero-order valence-electron chi connectivity index (χ0n) is 10.9. The predicted octanol–water partition coefficient (Wildman–Crippen LogP) is 2.47. The summed E-state index contributed by atoms with van der Waals surface area (Å²) in [4.78, 5) is 11.1. The van der Waals surface area contributed by atoms with Gasteiger partial charge in [-0.1, -0.05) is 25.1 Å². The molecule has 2 N–H and O–H groups in total. The van der Waals surface area contributed by atoms with Crippen molar-refractivity contribution in [2.45, 2.75) is 19.8 Å². The number of hydrogen-bond acceptors (Lipinski definition) is 4. The Morgan fingerprint density at radius 1 is 1.55 bits per heavy atom. The molecule has 2 aromatic rings. The Balaban J connectivity index is 2.37. The molecule has 2 rings (SSSR count). The molecule has 1 aromatic heterocycles. The van der Waals surface area contributed by atoms with Gasteiger partial charge in [-0.25, -0.2) is 4.79 Å². The fourth-order valence-corrected chi connectivity index (χ4v) is 1.95. The van der Waals surface area contributed by atoms with Crippen molar-refractivity contribution in [1.29, 1.82) is 0 Å². The smallest absolute Gasteiger partial charge is 0.336 e. The third-order valence-electron chi connectivity index (χ3n) is 2.69. The average Bonchev–Trinajstić information content (AvgIpc) is 2.78. The second-order valence-electron chi connectivity index (χ2n) is 4.14. The van der Waals surface area contributed by atoms with Crippen LogP contribution in [-0.4, -0.2) is 32.2 Å². The van der Waals surface area contributed by atoms with Crippen LogP contribution in [0.15, 0.2) is 29.4 Å². The monoisotopic (exact) mass is 290 g/mol. The highest BCUT2D eigenvalue weighted by atomic mass is 32.1. The first-order chi connectivity index (χ1) is 9.63. The summed E-state index contributed by atoms with van der Waals surface area (Å²) >= 11 is 5.10. The first kappa shape index (κ1) is 14.1. The second-order valence-corrected chi connectivity index (χ2v) is 4.53. The van der Waals surface area contributed by atoms with E-state index >= 15 is 0 Å². The van der Waals surface area contributed by atoms with Crippen LogP contribution in [0.2, 0.25) is 0 Å². The van der Waals surface area contributed by atoms with Gasteiger partial charge >= 0.3 is 5.97 Å². The van der Waals surface area contributed by atoms with E-state index in [1.807, 2.05) is 6.92 Å². The Morgan fingerprint density at radius 2 is 2.30 bits per heavy atom. The summed E-state index contributed by atoms with van der Waals surface area (Å²) in [6.07, 6.45) is 3.14. The average molecular weight is 290 g/mol. The maximum Gasteiger partial charge on any atom is 0.336 e. The molecular formula is C13H14N4O2S. The Hall–Kier alpha value is -2.28. The van der Waals surface area contributed by atoms with Crippen molar-refractivity contribution in [3.8, 4) is 0 Å². The molecule has 0 aliphatic heterocycles. The Morgan fingerprint density at radius 3 is 3.00 bits per heavy atom. The molecule has 0 saturated heterocycles. The summed E-state index contributed by atoms with van der Waals surface area (Å²) in [5, 5.41) is 20.1. The molecule has 6 nitrogen and oxygen atoms in total. The first-order valence-corrected chi connectivity index (χ1v) is 6.57. The van der Waals surface area contributed by atoms with Crippen LogP contribution in [0.3, 0.4) is 0 Å². The van der Waals surface area contributed by atoms with Crippen LogP contribution in [0.4, 0.5) is 0 Å². The molecule has 7 heteroatoms. The fraction of sp³-hybridized carbons (Fsp3) is 0.231. The zero-order chi connectivity index (χ0) is 14.5. The normalized spacial score (nSPS) is 11.1. The molecule has 0 fully saturated rings. The molecule has 0 amide bonds. The van der Waals surface area contributed by atoms with Crippen molar-refractivity contribution in [1.82, 2.24) is 14.9 Å². The first-order valence-electron chi connectivity index (χ1n) is 6.16. The number of benzene rings is 1. The van der Waals surface area contributed by atoms with Crippen LogP contribution in [0.25, 0.3) is 0 Å². The van der Waals surface area contributed by atoms with Crippen LogP contribution < -0.4 is 0 Å². The Labute approximate surface area is 120 Å². The van der Waals surface area contributed by atoms with E-state index in [9.17, 15) is 4.79 Å². The largest absolute Gasteiger partial charge is 0.478 e. The lowest BCUT2D eigenvalue weighted by Gasteiger charge is -2.01. The predicted molar refractivity (Wildman–Crippen MR) is 77.8 cm³/mol. The van der Waals surface area contributed by atoms with E-state index < -0.39 is 5.97 Å². The minimum Gasteiger partial charge on any atom is -0.478 e. The summed E-state index contributed by atoms with van der Waals surface area (Å²) in [5.74, 6) is -0.266. The van der Waals surface area contributed by atoms with Crippen molar-refractivity contribution in [2.75, 3.05) is 0 Å². The highest BCUT2D eigenvalue weighted by molar-refractivity contribution is 7.71. The quantitative estimate of drug-likeness (QED) is 0.654. The molecule has 1 heterocycles. The van der Waals surface area contributed by atoms with Gasteiger partial charge in [-0.3, -0.25) is 5.10 Å². The van der Waals surface area contributed by atoms with Crippen molar-refractivity contribution in [2.24, 2.45) is 5.10 Å². The van der Waals surface area contributed by atoms with Gasteiger partial charge in [-0.05, 0) is 24.7 Å². The number of carbonyl (C=O) groups is 1. The van der Waals surface area contributed by atoms with E-state index in [2.05, 4.69) is 15.3 Å². The summed E-state index contributed by atoms with van der Waals surface area (Å²) < 4.78 is 1.90. The van der Waals surface area contributed by atoms with Crippen molar-refractivity contribution >= 4 is 24.4 Å². The van der Waals surface area contributed by atoms with Crippen LogP contribution >= 0.6 is 12.2 Å². The second kappa shape index (κ2) is 6.25. The van der Waals surface area contributed by atoms with Gasteiger partial charge in [0.25, 0.3) is 0 Å². The molecule has 0 aliphatic carbocycles. The van der Waals surface area contributed by atoms with E-state index in [1.165, 1.54) is 17.0 Å². The van der Waals surface area contributed by atoms with Crippen molar-refractivity contribution in [3.63, 3.8) is 0 Å². The van der Waals surface area contributed by atoms with Crippen LogP contribution in [0.5, 0.6) is 0 Å². The minimum atomic E-state index is -0.989. The summed E-state index contributed by atoms with van der Waals surface area (Å²) in [5.41, 5.74) is 0.717. The van der Waals surface area contributed by atoms with E-state index in [-0.39, 0.29) is 5.56 Å². The summed E-state index contributed by atoms with van der Waals surface area (Å²) in [6.45, 7) is 2.03. The molecular weight excluding hydrogens is 276 g/mol. The SMILES string of the molecule is CCCc1n[nH]c(=S)n1/N=C/c1ccccc1C(=O)O. The molecule has 104 valence electrons. The summed E-state index contributed by atoms with van der Waals surface area (Å²) in [6, 6.07) is 6.66. The Bertz CT molecular complexity index is 702. The number of nitrogens with one attached hydrogen (secondary N) is 1. The standard InChI is InChI=1S/C13H14N4O2S/c1-2-5-11-15-16-13(20)17(11)14-8-9-6-3-4-7-10(9)12(18)19/h3-4,6-8H,2,5H2,1H3,(H,16,20)(H,18,19)/b14-8+. The number of rotatable bonds is 5. The maximum atomic E-state index is 11.1. The van der Waals surface area contributed by atoms with Gasteiger partial charge in [-0.2, -0.15) is 14.9 Å². The lowest BCUT2D eigenvalue weighted by Crippen LogP contribution is -2.03. The zero-order valence-corrected chi connectivity index (χ0v) is 11.7. The van der Waals surface area contributed by atoms with Gasteiger partial charge in [-0.15, -0.1) is 0 Å². The van der Waals surface area contributed by atoms with E-state index in [1.54, 1.807) is 18.2 Å². The van der Waals surface area contributed by atoms with Gasteiger partial charge in [0.1, 0.15) is 0 Å². The molecule has 0 atom stereocenters. The van der Waals surface area contributed by atoms with Crippen molar-refractivity contribution < 1.29 is 9.90 Å². The number of aryl methyl sites for hydroxylation is 1. The number of carboxylic acids is 1.